The van der Waals surface area contributed by atoms with E-state index in [0.29, 0.717) is 9.21 Å². The monoisotopic (exact) mass is 352 g/mol. The third-order valence-corrected chi connectivity index (χ3v) is 5.71. The summed E-state index contributed by atoms with van der Waals surface area (Å²) in [5.74, 6) is -2.32. The van der Waals surface area contributed by atoms with Gasteiger partial charge in [-0.1, -0.05) is 11.6 Å². The van der Waals surface area contributed by atoms with Crippen LogP contribution in [0.5, 0.6) is 0 Å². The summed E-state index contributed by atoms with van der Waals surface area (Å²) in [4.78, 5) is -0.0324. The molecule has 1 heterocycles. The van der Waals surface area contributed by atoms with Gasteiger partial charge in [0.05, 0.1) is 10.4 Å². The minimum absolute atomic E-state index is 0.508. The molecule has 0 aliphatic carbocycles. The lowest BCUT2D eigenvalue weighted by Crippen LogP contribution is -2.27. The first-order valence-electron chi connectivity index (χ1n) is 5.73. The van der Waals surface area contributed by atoms with Gasteiger partial charge in [0, 0.05) is 4.88 Å². The largest absolute Gasteiger partial charge is 0.394 e. The first kappa shape index (κ1) is 16.2. The number of benzene rings is 1. The van der Waals surface area contributed by atoms with Crippen molar-refractivity contribution in [2.75, 3.05) is 5.73 Å². The Morgan fingerprint density at radius 1 is 1.29 bits per heavy atom. The molecule has 9 heteroatoms. The number of halogens is 3. The molecule has 1 aromatic heterocycles. The highest BCUT2D eigenvalue weighted by Crippen LogP contribution is 2.29. The van der Waals surface area contributed by atoms with Crippen molar-refractivity contribution in [1.29, 1.82) is 0 Å². The fraction of sp³-hybridized carbons (Fsp3) is 0.167. The molecule has 0 radical (unpaired) electrons. The predicted molar refractivity (Wildman–Crippen MR) is 78.8 cm³/mol. The van der Waals surface area contributed by atoms with E-state index in [9.17, 15) is 17.2 Å². The van der Waals surface area contributed by atoms with E-state index in [4.69, 9.17) is 17.3 Å². The second kappa shape index (κ2) is 5.88. The zero-order chi connectivity index (χ0) is 15.8. The van der Waals surface area contributed by atoms with Crippen molar-refractivity contribution in [3.63, 3.8) is 0 Å². The number of rotatable bonds is 4. The standard InChI is InChI=1S/C12H11ClF2N2O2S2/c1-6(8-3-5-10(13)20-8)17-21(18,19)9-4-2-7(14)12(16)11(9)15/h2-6,17H,16H2,1H3. The molecule has 4 nitrogen and oxygen atoms in total. The lowest BCUT2D eigenvalue weighted by molar-refractivity contribution is 0.541. The SMILES string of the molecule is CC(NS(=O)(=O)c1ccc(F)c(N)c1F)c1ccc(Cl)s1. The number of nitrogens with two attached hydrogens (primary N) is 1. The summed E-state index contributed by atoms with van der Waals surface area (Å²) in [6, 6.07) is 4.31. The number of nitrogens with one attached hydrogen (secondary N) is 1. The summed E-state index contributed by atoms with van der Waals surface area (Å²) in [6.07, 6.45) is 0. The molecule has 2 aromatic rings. The maximum absolute atomic E-state index is 13.8. The normalized spacial score (nSPS) is 13.3. The van der Waals surface area contributed by atoms with E-state index < -0.39 is 38.3 Å². The molecule has 2 rings (SSSR count). The first-order chi connectivity index (χ1) is 9.72. The molecule has 1 unspecified atom stereocenters. The molecule has 0 fully saturated rings. The van der Waals surface area contributed by atoms with Crippen LogP contribution >= 0.6 is 22.9 Å². The summed E-state index contributed by atoms with van der Waals surface area (Å²) < 4.78 is 54.0. The second-order valence-corrected chi connectivity index (χ2v) is 7.69. The van der Waals surface area contributed by atoms with Crippen molar-refractivity contribution in [1.82, 2.24) is 4.72 Å². The smallest absolute Gasteiger partial charge is 0.244 e. The number of sulfonamides is 1. The number of nitrogen functional groups attached to an aromatic ring is 1. The minimum atomic E-state index is -4.18. The highest BCUT2D eigenvalue weighted by molar-refractivity contribution is 7.89. The van der Waals surface area contributed by atoms with Crippen LogP contribution in [0.4, 0.5) is 14.5 Å². The summed E-state index contributed by atoms with van der Waals surface area (Å²) >= 11 is 6.98. The molecule has 0 saturated carbocycles. The van der Waals surface area contributed by atoms with Gasteiger partial charge in [0.1, 0.15) is 16.4 Å². The van der Waals surface area contributed by atoms with E-state index in [0.717, 1.165) is 12.1 Å². The Balaban J connectivity index is 2.33. The van der Waals surface area contributed by atoms with Crippen molar-refractivity contribution >= 4 is 38.6 Å². The molecule has 1 atom stereocenters. The topological polar surface area (TPSA) is 72.2 Å². The third-order valence-electron chi connectivity index (χ3n) is 2.73. The molecule has 0 aliphatic heterocycles. The molecular weight excluding hydrogens is 342 g/mol. The van der Waals surface area contributed by atoms with Crippen molar-refractivity contribution in [3.05, 3.63) is 45.1 Å². The van der Waals surface area contributed by atoms with Gasteiger partial charge >= 0.3 is 0 Å². The van der Waals surface area contributed by atoms with Gasteiger partial charge in [0.2, 0.25) is 10.0 Å². The highest BCUT2D eigenvalue weighted by atomic mass is 35.5. The van der Waals surface area contributed by atoms with Gasteiger partial charge in [-0.05, 0) is 31.2 Å². The van der Waals surface area contributed by atoms with Crippen LogP contribution in [0, 0.1) is 11.6 Å². The van der Waals surface area contributed by atoms with Gasteiger partial charge in [-0.3, -0.25) is 0 Å². The summed E-state index contributed by atoms with van der Waals surface area (Å²) in [5, 5.41) is 0. The Hall–Kier alpha value is -1.22. The molecule has 0 spiro atoms. The third kappa shape index (κ3) is 3.34. The molecule has 0 amide bonds. The Bertz CT molecular complexity index is 778. The van der Waals surface area contributed by atoms with Gasteiger partial charge in [-0.2, -0.15) is 0 Å². The van der Waals surface area contributed by atoms with Gasteiger partial charge in [0.15, 0.2) is 5.82 Å². The van der Waals surface area contributed by atoms with Gasteiger partial charge in [-0.15, -0.1) is 11.3 Å². The van der Waals surface area contributed by atoms with Crippen LogP contribution in [0.3, 0.4) is 0 Å². The van der Waals surface area contributed by atoms with E-state index in [1.54, 1.807) is 19.1 Å². The second-order valence-electron chi connectivity index (χ2n) is 4.26. The Morgan fingerprint density at radius 3 is 2.52 bits per heavy atom. The Morgan fingerprint density at radius 2 is 1.95 bits per heavy atom. The molecule has 0 aliphatic rings. The molecule has 114 valence electrons. The van der Waals surface area contributed by atoms with Gasteiger partial charge in [-0.25, -0.2) is 21.9 Å². The number of anilines is 1. The Kier molecular flexibility index (Phi) is 4.52. The van der Waals surface area contributed by atoms with E-state index in [-0.39, 0.29) is 0 Å². The zero-order valence-corrected chi connectivity index (χ0v) is 13.1. The van der Waals surface area contributed by atoms with Crippen LogP contribution in [-0.2, 0) is 10.0 Å². The summed E-state index contributed by atoms with van der Waals surface area (Å²) in [7, 11) is -4.18. The molecule has 1 aromatic carbocycles. The zero-order valence-electron chi connectivity index (χ0n) is 10.7. The maximum atomic E-state index is 13.8. The van der Waals surface area contributed by atoms with Crippen LogP contribution in [-0.4, -0.2) is 8.42 Å². The van der Waals surface area contributed by atoms with Gasteiger partial charge in [0.25, 0.3) is 0 Å². The fourth-order valence-electron chi connectivity index (χ4n) is 1.67. The van der Waals surface area contributed by atoms with Crippen molar-refractivity contribution in [3.8, 4) is 0 Å². The number of hydrogen-bond donors (Lipinski definition) is 2. The quantitative estimate of drug-likeness (QED) is 0.829. The van der Waals surface area contributed by atoms with Crippen LogP contribution in [0.2, 0.25) is 4.34 Å². The van der Waals surface area contributed by atoms with E-state index in [1.807, 2.05) is 0 Å². The average Bonchev–Trinajstić information content (AvgIpc) is 2.82. The summed E-state index contributed by atoms with van der Waals surface area (Å²) in [5.41, 5.74) is 4.34. The van der Waals surface area contributed by atoms with E-state index >= 15 is 0 Å². The molecule has 0 bridgehead atoms. The lowest BCUT2D eigenvalue weighted by Gasteiger charge is -2.14. The molecule has 3 N–H and O–H groups in total. The van der Waals surface area contributed by atoms with E-state index in [1.165, 1.54) is 11.3 Å². The number of hydrogen-bond acceptors (Lipinski definition) is 4. The van der Waals surface area contributed by atoms with Crippen molar-refractivity contribution < 1.29 is 17.2 Å². The molecule has 0 saturated heterocycles. The first-order valence-corrected chi connectivity index (χ1v) is 8.41. The van der Waals surface area contributed by atoms with Crippen molar-refractivity contribution in [2.45, 2.75) is 17.9 Å². The van der Waals surface area contributed by atoms with Crippen LogP contribution in [0.1, 0.15) is 17.8 Å². The van der Waals surface area contributed by atoms with Crippen LogP contribution in [0.25, 0.3) is 0 Å². The molecule has 21 heavy (non-hydrogen) atoms. The fourth-order valence-corrected chi connectivity index (χ4v) is 4.12. The van der Waals surface area contributed by atoms with Gasteiger partial charge < -0.3 is 5.73 Å². The van der Waals surface area contributed by atoms with Crippen molar-refractivity contribution in [2.24, 2.45) is 0 Å². The number of thiophene rings is 1. The predicted octanol–water partition coefficient (Wildman–Crippen LogP) is 3.30. The maximum Gasteiger partial charge on any atom is 0.244 e. The molecular formula is C12H11ClF2N2O2S2. The highest BCUT2D eigenvalue weighted by Gasteiger charge is 2.25. The minimum Gasteiger partial charge on any atom is -0.394 e. The summed E-state index contributed by atoms with van der Waals surface area (Å²) in [6.45, 7) is 1.59. The average molecular weight is 353 g/mol. The lowest BCUT2D eigenvalue weighted by atomic mass is 10.3. The Labute approximate surface area is 129 Å². The van der Waals surface area contributed by atoms with Crippen LogP contribution < -0.4 is 10.5 Å². The van der Waals surface area contributed by atoms with Crippen LogP contribution in [0.15, 0.2) is 29.2 Å². The van der Waals surface area contributed by atoms with E-state index in [2.05, 4.69) is 4.72 Å².